The van der Waals surface area contributed by atoms with Crippen molar-refractivity contribution in [3.8, 4) is 0 Å². The Kier molecular flexibility index (Phi) is 5.53. The average molecular weight is 411 g/mol. The average Bonchev–Trinajstić information content (AvgIpc) is 3.37. The van der Waals surface area contributed by atoms with Crippen molar-refractivity contribution in [2.24, 2.45) is 0 Å². The Morgan fingerprint density at radius 1 is 1.10 bits per heavy atom. The summed E-state index contributed by atoms with van der Waals surface area (Å²) in [6.45, 7) is 3.72. The number of likely N-dealkylation sites (tertiary alicyclic amines) is 1. The number of carbonyl (C=O) groups excluding carboxylic acids is 2. The first-order valence-corrected chi connectivity index (χ1v) is 10.2. The van der Waals surface area contributed by atoms with Crippen LogP contribution in [0.3, 0.4) is 0 Å². The summed E-state index contributed by atoms with van der Waals surface area (Å²) >= 11 is 5.91. The van der Waals surface area contributed by atoms with E-state index in [2.05, 4.69) is 5.32 Å². The second-order valence-corrected chi connectivity index (χ2v) is 7.77. The quantitative estimate of drug-likeness (QED) is 0.695. The van der Waals surface area contributed by atoms with Gasteiger partial charge in [0, 0.05) is 23.7 Å². The third-order valence-corrected chi connectivity index (χ3v) is 5.53. The standard InChI is InChI=1S/C22H23ClN4O2/c1-15(24-22(29)16-8-10-17(23)11-9-16)21-25-18-6-2-3-7-19(18)27(21)14-20(28)26-12-4-5-13-26/h2-3,6-11,15H,4-5,12-14H2,1H3,(H,24,29). The number of hydrogen-bond donors (Lipinski definition) is 1. The summed E-state index contributed by atoms with van der Waals surface area (Å²) in [7, 11) is 0. The molecule has 1 fully saturated rings. The molecule has 1 aliphatic heterocycles. The highest BCUT2D eigenvalue weighted by Crippen LogP contribution is 2.22. The van der Waals surface area contributed by atoms with Crippen LogP contribution in [0, 0.1) is 0 Å². The van der Waals surface area contributed by atoms with Crippen molar-refractivity contribution in [1.29, 1.82) is 0 Å². The number of halogens is 1. The van der Waals surface area contributed by atoms with Gasteiger partial charge in [0.05, 0.1) is 17.1 Å². The summed E-state index contributed by atoms with van der Waals surface area (Å²) in [5, 5.41) is 3.57. The van der Waals surface area contributed by atoms with E-state index in [1.165, 1.54) is 0 Å². The first kappa shape index (κ1) is 19.5. The van der Waals surface area contributed by atoms with E-state index in [0.717, 1.165) is 37.0 Å². The minimum atomic E-state index is -0.364. The van der Waals surface area contributed by atoms with Crippen molar-refractivity contribution < 1.29 is 9.59 Å². The number of carbonyl (C=O) groups is 2. The zero-order valence-electron chi connectivity index (χ0n) is 16.3. The third-order valence-electron chi connectivity index (χ3n) is 5.28. The number of para-hydroxylation sites is 2. The number of amides is 2. The van der Waals surface area contributed by atoms with Crippen LogP contribution < -0.4 is 5.32 Å². The van der Waals surface area contributed by atoms with Crippen LogP contribution in [0.2, 0.25) is 5.02 Å². The van der Waals surface area contributed by atoms with Crippen molar-refractivity contribution in [3.05, 3.63) is 64.9 Å². The van der Waals surface area contributed by atoms with Crippen LogP contribution in [0.15, 0.2) is 48.5 Å². The lowest BCUT2D eigenvalue weighted by Crippen LogP contribution is -2.33. The lowest BCUT2D eigenvalue weighted by atomic mass is 10.2. The Balaban J connectivity index is 1.60. The van der Waals surface area contributed by atoms with Crippen molar-refractivity contribution in [3.63, 3.8) is 0 Å². The minimum Gasteiger partial charge on any atom is -0.342 e. The molecule has 7 heteroatoms. The molecule has 0 saturated carbocycles. The number of benzene rings is 2. The molecule has 0 bridgehead atoms. The molecule has 29 heavy (non-hydrogen) atoms. The van der Waals surface area contributed by atoms with Gasteiger partial charge in [-0.1, -0.05) is 23.7 Å². The highest BCUT2D eigenvalue weighted by molar-refractivity contribution is 6.30. The predicted molar refractivity (Wildman–Crippen MR) is 113 cm³/mol. The molecule has 4 rings (SSSR count). The highest BCUT2D eigenvalue weighted by atomic mass is 35.5. The number of nitrogens with one attached hydrogen (secondary N) is 1. The summed E-state index contributed by atoms with van der Waals surface area (Å²) < 4.78 is 1.92. The molecule has 0 radical (unpaired) electrons. The molecule has 1 saturated heterocycles. The first-order chi connectivity index (χ1) is 14.0. The van der Waals surface area contributed by atoms with E-state index in [0.29, 0.717) is 16.4 Å². The molecular formula is C22H23ClN4O2. The number of hydrogen-bond acceptors (Lipinski definition) is 3. The largest absolute Gasteiger partial charge is 0.342 e. The molecule has 1 atom stereocenters. The lowest BCUT2D eigenvalue weighted by Gasteiger charge is -2.19. The van der Waals surface area contributed by atoms with Crippen LogP contribution in [0.1, 0.15) is 42.0 Å². The van der Waals surface area contributed by atoms with Gasteiger partial charge in [-0.25, -0.2) is 4.98 Å². The van der Waals surface area contributed by atoms with Crippen molar-refractivity contribution in [2.45, 2.75) is 32.4 Å². The molecular weight excluding hydrogens is 388 g/mol. The van der Waals surface area contributed by atoms with E-state index in [9.17, 15) is 9.59 Å². The fraction of sp³-hybridized carbons (Fsp3) is 0.318. The Hall–Kier alpha value is -2.86. The van der Waals surface area contributed by atoms with Crippen molar-refractivity contribution in [2.75, 3.05) is 13.1 Å². The van der Waals surface area contributed by atoms with Gasteiger partial charge in [-0.3, -0.25) is 9.59 Å². The van der Waals surface area contributed by atoms with E-state index in [-0.39, 0.29) is 24.4 Å². The molecule has 1 aliphatic rings. The van der Waals surface area contributed by atoms with Gasteiger partial charge in [0.2, 0.25) is 5.91 Å². The summed E-state index contributed by atoms with van der Waals surface area (Å²) in [6.07, 6.45) is 2.10. The van der Waals surface area contributed by atoms with E-state index < -0.39 is 0 Å². The van der Waals surface area contributed by atoms with Crippen LogP contribution in [0.5, 0.6) is 0 Å². The van der Waals surface area contributed by atoms with Gasteiger partial charge in [0.15, 0.2) is 0 Å². The summed E-state index contributed by atoms with van der Waals surface area (Å²) in [4.78, 5) is 32.0. The number of nitrogens with zero attached hydrogens (tertiary/aromatic N) is 3. The first-order valence-electron chi connectivity index (χ1n) is 9.82. The molecule has 1 unspecified atom stereocenters. The molecule has 150 valence electrons. The lowest BCUT2D eigenvalue weighted by molar-refractivity contribution is -0.130. The van der Waals surface area contributed by atoms with Crippen LogP contribution in [-0.4, -0.2) is 39.4 Å². The van der Waals surface area contributed by atoms with Gasteiger partial charge in [-0.2, -0.15) is 0 Å². The smallest absolute Gasteiger partial charge is 0.251 e. The van der Waals surface area contributed by atoms with Gasteiger partial charge in [-0.05, 0) is 56.2 Å². The maximum Gasteiger partial charge on any atom is 0.251 e. The zero-order valence-corrected chi connectivity index (χ0v) is 17.0. The van der Waals surface area contributed by atoms with Crippen molar-refractivity contribution >= 4 is 34.4 Å². The van der Waals surface area contributed by atoms with E-state index >= 15 is 0 Å². The normalized spacial score (nSPS) is 14.9. The fourth-order valence-electron chi connectivity index (χ4n) is 3.74. The predicted octanol–water partition coefficient (Wildman–Crippen LogP) is 3.80. The van der Waals surface area contributed by atoms with Gasteiger partial charge < -0.3 is 14.8 Å². The topological polar surface area (TPSA) is 67.2 Å². The van der Waals surface area contributed by atoms with Gasteiger partial charge in [0.1, 0.15) is 12.4 Å². The molecule has 1 N–H and O–H groups in total. The number of rotatable bonds is 5. The van der Waals surface area contributed by atoms with E-state index in [4.69, 9.17) is 16.6 Å². The Morgan fingerprint density at radius 3 is 2.52 bits per heavy atom. The monoisotopic (exact) mass is 410 g/mol. The summed E-state index contributed by atoms with van der Waals surface area (Å²) in [5.41, 5.74) is 2.23. The highest BCUT2D eigenvalue weighted by Gasteiger charge is 2.23. The van der Waals surface area contributed by atoms with Crippen LogP contribution >= 0.6 is 11.6 Å². The van der Waals surface area contributed by atoms with Gasteiger partial charge in [0.25, 0.3) is 5.91 Å². The minimum absolute atomic E-state index is 0.0862. The van der Waals surface area contributed by atoms with Crippen LogP contribution in [0.4, 0.5) is 0 Å². The second kappa shape index (κ2) is 8.25. The Bertz CT molecular complexity index is 1040. The van der Waals surface area contributed by atoms with Gasteiger partial charge >= 0.3 is 0 Å². The molecule has 0 spiro atoms. The number of fused-ring (bicyclic) bond motifs is 1. The number of aromatic nitrogens is 2. The maximum absolute atomic E-state index is 12.8. The maximum atomic E-state index is 12.8. The molecule has 2 amide bonds. The summed E-state index contributed by atoms with van der Waals surface area (Å²) in [6, 6.07) is 14.1. The molecule has 0 aliphatic carbocycles. The second-order valence-electron chi connectivity index (χ2n) is 7.33. The zero-order chi connectivity index (χ0) is 20.4. The van der Waals surface area contributed by atoms with Crippen LogP contribution in [0.25, 0.3) is 11.0 Å². The van der Waals surface area contributed by atoms with Crippen molar-refractivity contribution in [1.82, 2.24) is 19.8 Å². The van der Waals surface area contributed by atoms with E-state index in [1.54, 1.807) is 24.3 Å². The molecule has 2 aromatic carbocycles. The Morgan fingerprint density at radius 2 is 1.79 bits per heavy atom. The molecule has 1 aromatic heterocycles. The summed E-state index contributed by atoms with van der Waals surface area (Å²) in [5.74, 6) is 0.544. The Labute approximate surface area is 174 Å². The van der Waals surface area contributed by atoms with Gasteiger partial charge in [-0.15, -0.1) is 0 Å². The SMILES string of the molecule is CC(NC(=O)c1ccc(Cl)cc1)c1nc2ccccc2n1CC(=O)N1CCCC1. The third kappa shape index (κ3) is 4.12. The molecule has 3 aromatic rings. The fourth-order valence-corrected chi connectivity index (χ4v) is 3.86. The number of imidazole rings is 1. The van der Waals surface area contributed by atoms with Crippen LogP contribution in [-0.2, 0) is 11.3 Å². The molecule has 2 heterocycles. The molecule has 6 nitrogen and oxygen atoms in total. The van der Waals surface area contributed by atoms with E-state index in [1.807, 2.05) is 40.7 Å².